The highest BCUT2D eigenvalue weighted by Crippen LogP contribution is 2.42. The molecule has 3 heterocycles. The molecule has 2 aliphatic carbocycles. The van der Waals surface area contributed by atoms with Crippen molar-refractivity contribution >= 4 is 11.9 Å². The van der Waals surface area contributed by atoms with Gasteiger partial charge in [-0.05, 0) is 100 Å². The second-order valence-corrected chi connectivity index (χ2v) is 12.2. The minimum Gasteiger partial charge on any atom is -0.460 e. The van der Waals surface area contributed by atoms with Crippen molar-refractivity contribution in [3.8, 4) is 0 Å². The maximum Gasteiger partial charge on any atom is 0.316 e. The first-order chi connectivity index (χ1) is 18.1. The summed E-state index contributed by atoms with van der Waals surface area (Å²) in [4.78, 5) is 28.8. The molecule has 0 unspecified atom stereocenters. The second-order valence-electron chi connectivity index (χ2n) is 12.2. The van der Waals surface area contributed by atoms with Gasteiger partial charge in [0, 0.05) is 25.6 Å². The molecule has 5 fully saturated rings. The molecule has 1 aromatic rings. The average Bonchev–Trinajstić information content (AvgIpc) is 2.94. The molecule has 0 aromatic heterocycles. The number of carbonyl (C=O) groups excluding carboxylic acids is 2. The molecule has 0 radical (unpaired) electrons. The fourth-order valence-corrected chi connectivity index (χ4v) is 7.33. The zero-order valence-electron chi connectivity index (χ0n) is 22.5. The van der Waals surface area contributed by atoms with Gasteiger partial charge in [0.15, 0.2) is 0 Å². The van der Waals surface area contributed by atoms with E-state index >= 15 is 0 Å². The van der Waals surface area contributed by atoms with Gasteiger partial charge in [0.2, 0.25) is 5.91 Å². The minimum absolute atomic E-state index is 0.00148. The van der Waals surface area contributed by atoms with E-state index < -0.39 is 5.41 Å². The number of nitrogens with one attached hydrogen (secondary N) is 1. The van der Waals surface area contributed by atoms with Crippen LogP contribution in [-0.4, -0.2) is 60.3 Å². The van der Waals surface area contributed by atoms with E-state index in [2.05, 4.69) is 34.5 Å². The van der Waals surface area contributed by atoms with Crippen LogP contribution in [0.3, 0.4) is 0 Å². The lowest BCUT2D eigenvalue weighted by Crippen LogP contribution is -2.53. The molecule has 204 valence electrons. The molecule has 1 atom stereocenters. The predicted octanol–water partition coefficient (Wildman–Crippen LogP) is 4.52. The van der Waals surface area contributed by atoms with Gasteiger partial charge in [0.05, 0.1) is 5.41 Å². The summed E-state index contributed by atoms with van der Waals surface area (Å²) >= 11 is 0. The molecule has 6 rings (SSSR count). The van der Waals surface area contributed by atoms with Crippen LogP contribution >= 0.6 is 0 Å². The van der Waals surface area contributed by atoms with Crippen LogP contribution < -0.4 is 5.32 Å². The van der Waals surface area contributed by atoms with Crippen molar-refractivity contribution in [1.29, 1.82) is 0 Å². The van der Waals surface area contributed by atoms with Gasteiger partial charge in [-0.15, -0.1) is 0 Å². The van der Waals surface area contributed by atoms with Gasteiger partial charge in [0.25, 0.3) is 0 Å². The summed E-state index contributed by atoms with van der Waals surface area (Å²) in [6, 6.07) is 8.82. The maximum absolute atomic E-state index is 13.8. The first-order valence-corrected chi connectivity index (χ1v) is 15.0. The smallest absolute Gasteiger partial charge is 0.316 e. The highest BCUT2D eigenvalue weighted by Gasteiger charge is 2.45. The molecule has 2 bridgehead atoms. The van der Waals surface area contributed by atoms with E-state index in [0.717, 1.165) is 102 Å². The van der Waals surface area contributed by atoms with Crippen LogP contribution in [0.5, 0.6) is 0 Å². The number of fused-ring (bicyclic) bond motifs is 3. The third-order valence-corrected chi connectivity index (χ3v) is 9.77. The quantitative estimate of drug-likeness (QED) is 0.478. The van der Waals surface area contributed by atoms with Gasteiger partial charge < -0.3 is 15.2 Å². The van der Waals surface area contributed by atoms with Gasteiger partial charge in [-0.3, -0.25) is 14.5 Å². The molecule has 6 nitrogen and oxygen atoms in total. The lowest BCUT2D eigenvalue weighted by molar-refractivity contribution is -0.167. The van der Waals surface area contributed by atoms with E-state index in [1.54, 1.807) is 0 Å². The molecule has 2 saturated carbocycles. The Morgan fingerprint density at radius 3 is 2.46 bits per heavy atom. The summed E-state index contributed by atoms with van der Waals surface area (Å²) in [5.41, 5.74) is 1.79. The van der Waals surface area contributed by atoms with Crippen LogP contribution in [0.1, 0.15) is 94.6 Å². The van der Waals surface area contributed by atoms with E-state index in [0.29, 0.717) is 18.3 Å². The summed E-state index contributed by atoms with van der Waals surface area (Å²) < 4.78 is 6.31. The Morgan fingerprint density at radius 1 is 1.03 bits per heavy atom. The van der Waals surface area contributed by atoms with Gasteiger partial charge in [-0.2, -0.15) is 0 Å². The monoisotopic (exact) mass is 510 g/mol. The molecule has 0 spiro atoms. The zero-order valence-corrected chi connectivity index (χ0v) is 22.5. The van der Waals surface area contributed by atoms with Gasteiger partial charge in [-0.1, -0.05) is 43.5 Å². The first-order valence-electron chi connectivity index (χ1n) is 15.0. The molecule has 2 N–H and O–H groups in total. The minimum atomic E-state index is -0.523. The first kappa shape index (κ1) is 26.7. The normalized spacial score (nSPS) is 31.0. The fraction of sp³-hybridized carbons (Fsp3) is 0.742. The number of aryl methyl sites for hydroxylation is 1. The largest absolute Gasteiger partial charge is 0.460 e. The number of amides is 1. The van der Waals surface area contributed by atoms with Crippen LogP contribution in [-0.2, 0) is 26.2 Å². The standard InChI is InChI=1S/C31H46N2O4/c34-22-24-10-12-27(13-11-24)32-29(35)9-5-7-23-6-4-8-26(20-23)31(16-2-1-3-17-31)30(36)37-28-21-33-18-14-25(28)15-19-33/h4,6,8,20,24-25,27-28,34H,1-3,5,7,9-19,21-22H2,(H,32,35)/t24?,27?,28-/m0/s1. The number of aliphatic hydroxyl groups excluding tert-OH is 1. The van der Waals surface area contributed by atoms with Crippen molar-refractivity contribution < 1.29 is 19.4 Å². The van der Waals surface area contributed by atoms with E-state index in [4.69, 9.17) is 4.74 Å². The van der Waals surface area contributed by atoms with Crippen molar-refractivity contribution in [2.45, 2.75) is 107 Å². The summed E-state index contributed by atoms with van der Waals surface area (Å²) in [5.74, 6) is 1.06. The van der Waals surface area contributed by atoms with Crippen molar-refractivity contribution in [3.63, 3.8) is 0 Å². The highest BCUT2D eigenvalue weighted by atomic mass is 16.5. The molecular formula is C31H46N2O4. The molecule has 37 heavy (non-hydrogen) atoms. The summed E-state index contributed by atoms with van der Waals surface area (Å²) in [6.45, 7) is 3.46. The summed E-state index contributed by atoms with van der Waals surface area (Å²) in [6.07, 6.45) is 13.5. The molecule has 6 heteroatoms. The molecule has 3 saturated heterocycles. The van der Waals surface area contributed by atoms with Crippen LogP contribution in [0, 0.1) is 11.8 Å². The zero-order chi connectivity index (χ0) is 25.7. The Kier molecular flexibility index (Phi) is 8.86. The van der Waals surface area contributed by atoms with E-state index in [-0.39, 0.29) is 30.6 Å². The third-order valence-electron chi connectivity index (χ3n) is 9.77. The Labute approximate surface area is 222 Å². The van der Waals surface area contributed by atoms with Crippen LogP contribution in [0.4, 0.5) is 0 Å². The summed E-state index contributed by atoms with van der Waals surface area (Å²) in [7, 11) is 0. The van der Waals surface area contributed by atoms with Gasteiger partial charge in [0.1, 0.15) is 6.10 Å². The number of aliphatic hydroxyl groups is 1. The number of carbonyl (C=O) groups is 2. The van der Waals surface area contributed by atoms with E-state index in [1.165, 1.54) is 12.0 Å². The average molecular weight is 511 g/mol. The predicted molar refractivity (Wildman–Crippen MR) is 144 cm³/mol. The Morgan fingerprint density at radius 2 is 1.78 bits per heavy atom. The number of nitrogens with zero attached hydrogens (tertiary/aromatic N) is 1. The number of benzene rings is 1. The molecule has 5 aliphatic rings. The lowest BCUT2D eigenvalue weighted by Gasteiger charge is -2.45. The van der Waals surface area contributed by atoms with Crippen molar-refractivity contribution in [1.82, 2.24) is 10.2 Å². The lowest BCUT2D eigenvalue weighted by atomic mass is 9.69. The Hall–Kier alpha value is -1.92. The Bertz CT molecular complexity index is 912. The molecule has 3 aliphatic heterocycles. The number of piperidine rings is 3. The maximum atomic E-state index is 13.8. The number of hydrogen-bond donors (Lipinski definition) is 2. The number of esters is 1. The number of rotatable bonds is 9. The van der Waals surface area contributed by atoms with E-state index in [9.17, 15) is 14.7 Å². The SMILES string of the molecule is O=C(CCCc1cccc(C2(C(=O)O[C@H]3CN4CCC3CC4)CCCCC2)c1)NC1CCC(CO)CC1. The highest BCUT2D eigenvalue weighted by molar-refractivity contribution is 5.83. The van der Waals surface area contributed by atoms with Crippen molar-refractivity contribution in [2.24, 2.45) is 11.8 Å². The second kappa shape index (κ2) is 12.3. The van der Waals surface area contributed by atoms with E-state index in [1.807, 2.05) is 0 Å². The fourth-order valence-electron chi connectivity index (χ4n) is 7.33. The number of hydrogen-bond acceptors (Lipinski definition) is 5. The van der Waals surface area contributed by atoms with Crippen LogP contribution in [0.2, 0.25) is 0 Å². The van der Waals surface area contributed by atoms with Crippen LogP contribution in [0.25, 0.3) is 0 Å². The Balaban J connectivity index is 1.17. The van der Waals surface area contributed by atoms with Gasteiger partial charge in [-0.25, -0.2) is 0 Å². The topological polar surface area (TPSA) is 78.9 Å². The van der Waals surface area contributed by atoms with Crippen LogP contribution in [0.15, 0.2) is 24.3 Å². The van der Waals surface area contributed by atoms with Gasteiger partial charge >= 0.3 is 5.97 Å². The molecule has 1 aromatic carbocycles. The third kappa shape index (κ3) is 6.39. The summed E-state index contributed by atoms with van der Waals surface area (Å²) in [5, 5.41) is 12.5. The molecule has 1 amide bonds. The van der Waals surface area contributed by atoms with Crippen molar-refractivity contribution in [2.75, 3.05) is 26.2 Å². The molecular weight excluding hydrogens is 464 g/mol. The van der Waals surface area contributed by atoms with Crippen molar-refractivity contribution in [3.05, 3.63) is 35.4 Å². The number of ether oxygens (including phenoxy) is 1.